The second-order valence-electron chi connectivity index (χ2n) is 7.20. The first-order chi connectivity index (χ1) is 13.1. The van der Waals surface area contributed by atoms with Gasteiger partial charge in [-0.2, -0.15) is 9.40 Å². The smallest absolute Gasteiger partial charge is 0.252 e. The molecule has 2 aromatic rings. The van der Waals surface area contributed by atoms with Crippen LogP contribution >= 0.6 is 11.3 Å². The molecule has 1 aliphatic carbocycles. The van der Waals surface area contributed by atoms with E-state index < -0.39 is 10.0 Å². The number of anilines is 1. The molecule has 2 aromatic heterocycles. The number of piperidine rings is 1. The molecule has 2 fully saturated rings. The summed E-state index contributed by atoms with van der Waals surface area (Å²) in [5.74, 6) is 0.537. The first-order valence-corrected chi connectivity index (χ1v) is 11.8. The van der Waals surface area contributed by atoms with Crippen LogP contribution in [0.15, 0.2) is 34.0 Å². The Morgan fingerprint density at radius 2 is 1.89 bits per heavy atom. The number of thiophene rings is 1. The van der Waals surface area contributed by atoms with Gasteiger partial charge in [0.15, 0.2) is 0 Å². The van der Waals surface area contributed by atoms with Crippen molar-refractivity contribution < 1.29 is 13.2 Å². The van der Waals surface area contributed by atoms with Crippen molar-refractivity contribution in [2.75, 3.05) is 18.4 Å². The van der Waals surface area contributed by atoms with Crippen LogP contribution in [0.1, 0.15) is 44.6 Å². The quantitative estimate of drug-likeness (QED) is 0.824. The molecule has 0 radical (unpaired) electrons. The number of nitrogens with zero attached hydrogens (tertiary/aromatic N) is 3. The molecule has 4 rings (SSSR count). The number of aromatic nitrogens is 2. The van der Waals surface area contributed by atoms with Crippen LogP contribution in [-0.2, 0) is 14.8 Å². The molecule has 1 aliphatic heterocycles. The van der Waals surface area contributed by atoms with Crippen molar-refractivity contribution in [2.45, 2.75) is 48.8 Å². The highest BCUT2D eigenvalue weighted by Gasteiger charge is 2.33. The standard InChI is InChI=1S/C18H24N4O3S2/c23-18(20-16-7-10-19-22(16)15-4-1-2-5-15)14-8-11-21(12-9-14)27(24,25)17-6-3-13-26-17/h3,6-7,10,13-15H,1-2,4-5,8-9,11-12H2,(H,20,23). The van der Waals surface area contributed by atoms with E-state index >= 15 is 0 Å². The van der Waals surface area contributed by atoms with Gasteiger partial charge >= 0.3 is 0 Å². The molecule has 1 N–H and O–H groups in total. The second-order valence-corrected chi connectivity index (χ2v) is 10.3. The average Bonchev–Trinajstić information content (AvgIpc) is 3.42. The molecule has 0 unspecified atom stereocenters. The lowest BCUT2D eigenvalue weighted by molar-refractivity contribution is -0.121. The molecule has 3 heterocycles. The predicted octanol–water partition coefficient (Wildman–Crippen LogP) is 3.10. The molecule has 0 spiro atoms. The van der Waals surface area contributed by atoms with Crippen molar-refractivity contribution in [3.8, 4) is 0 Å². The van der Waals surface area contributed by atoms with Gasteiger partial charge in [-0.3, -0.25) is 4.79 Å². The molecule has 2 aliphatic rings. The Morgan fingerprint density at radius 1 is 1.15 bits per heavy atom. The Balaban J connectivity index is 1.36. The molecule has 146 valence electrons. The van der Waals surface area contributed by atoms with Crippen molar-refractivity contribution in [2.24, 2.45) is 5.92 Å². The maximum atomic E-state index is 12.7. The summed E-state index contributed by atoms with van der Waals surface area (Å²) in [6.07, 6.45) is 7.41. The average molecular weight is 409 g/mol. The monoisotopic (exact) mass is 408 g/mol. The number of sulfonamides is 1. The summed E-state index contributed by atoms with van der Waals surface area (Å²) in [6, 6.07) is 5.58. The maximum absolute atomic E-state index is 12.7. The van der Waals surface area contributed by atoms with E-state index in [0.29, 0.717) is 36.2 Å². The van der Waals surface area contributed by atoms with Crippen LogP contribution in [0, 0.1) is 5.92 Å². The topological polar surface area (TPSA) is 84.3 Å². The van der Waals surface area contributed by atoms with Crippen molar-refractivity contribution in [3.63, 3.8) is 0 Å². The van der Waals surface area contributed by atoms with Gasteiger partial charge in [0.05, 0.1) is 12.2 Å². The first kappa shape index (κ1) is 18.6. The van der Waals surface area contributed by atoms with Gasteiger partial charge in [0, 0.05) is 25.1 Å². The highest BCUT2D eigenvalue weighted by molar-refractivity contribution is 7.91. The van der Waals surface area contributed by atoms with Gasteiger partial charge in [-0.15, -0.1) is 11.3 Å². The number of amides is 1. The minimum absolute atomic E-state index is 0.0390. The molecule has 0 bridgehead atoms. The van der Waals surface area contributed by atoms with Gasteiger partial charge in [0.1, 0.15) is 10.0 Å². The Morgan fingerprint density at radius 3 is 2.56 bits per heavy atom. The summed E-state index contributed by atoms with van der Waals surface area (Å²) in [4.78, 5) is 12.7. The highest BCUT2D eigenvalue weighted by atomic mass is 32.2. The van der Waals surface area contributed by atoms with E-state index in [1.807, 2.05) is 10.7 Å². The molecule has 1 saturated carbocycles. The minimum atomic E-state index is -3.43. The van der Waals surface area contributed by atoms with Crippen LogP contribution in [0.25, 0.3) is 0 Å². The molecule has 0 aromatic carbocycles. The van der Waals surface area contributed by atoms with Gasteiger partial charge in [0.2, 0.25) is 5.91 Å². The summed E-state index contributed by atoms with van der Waals surface area (Å²) in [5, 5.41) is 9.16. The zero-order valence-corrected chi connectivity index (χ0v) is 16.7. The van der Waals surface area contributed by atoms with E-state index in [1.165, 1.54) is 28.5 Å². The number of carbonyl (C=O) groups is 1. The van der Waals surface area contributed by atoms with Crippen molar-refractivity contribution >= 4 is 33.1 Å². The molecular weight excluding hydrogens is 384 g/mol. The van der Waals surface area contributed by atoms with E-state index in [1.54, 1.807) is 23.7 Å². The van der Waals surface area contributed by atoms with Gasteiger partial charge in [-0.1, -0.05) is 18.9 Å². The number of nitrogens with one attached hydrogen (secondary N) is 1. The van der Waals surface area contributed by atoms with Gasteiger partial charge in [-0.05, 0) is 37.1 Å². The zero-order valence-electron chi connectivity index (χ0n) is 15.1. The lowest BCUT2D eigenvalue weighted by atomic mass is 9.97. The molecule has 1 amide bonds. The summed E-state index contributed by atoms with van der Waals surface area (Å²) >= 11 is 1.23. The summed E-state index contributed by atoms with van der Waals surface area (Å²) in [5.41, 5.74) is 0. The fourth-order valence-corrected chi connectivity index (χ4v) is 6.59. The van der Waals surface area contributed by atoms with Crippen LogP contribution in [0.4, 0.5) is 5.82 Å². The minimum Gasteiger partial charge on any atom is -0.311 e. The zero-order chi connectivity index (χ0) is 18.9. The Kier molecular flexibility index (Phi) is 5.34. The lowest BCUT2D eigenvalue weighted by Gasteiger charge is -2.30. The van der Waals surface area contributed by atoms with Gasteiger partial charge in [0.25, 0.3) is 10.0 Å². The van der Waals surface area contributed by atoms with E-state index in [0.717, 1.165) is 18.7 Å². The molecule has 1 saturated heterocycles. The number of hydrogen-bond acceptors (Lipinski definition) is 5. The first-order valence-electron chi connectivity index (χ1n) is 9.44. The lowest BCUT2D eigenvalue weighted by Crippen LogP contribution is -2.41. The molecule has 7 nitrogen and oxygen atoms in total. The van der Waals surface area contributed by atoms with Gasteiger partial charge in [-0.25, -0.2) is 13.1 Å². The number of carbonyl (C=O) groups excluding carboxylic acids is 1. The molecule has 0 atom stereocenters. The summed E-state index contributed by atoms with van der Waals surface area (Å²) in [7, 11) is -3.43. The van der Waals surface area contributed by atoms with Gasteiger partial charge < -0.3 is 5.32 Å². The third kappa shape index (κ3) is 3.81. The van der Waals surface area contributed by atoms with Crippen molar-refractivity contribution in [1.82, 2.24) is 14.1 Å². The summed E-state index contributed by atoms with van der Waals surface area (Å²) in [6.45, 7) is 0.750. The Hall–Kier alpha value is -1.71. The molecule has 9 heteroatoms. The van der Waals surface area contributed by atoms with E-state index in [9.17, 15) is 13.2 Å². The number of rotatable bonds is 5. The Labute approximate surface area is 163 Å². The van der Waals surface area contributed by atoms with E-state index in [4.69, 9.17) is 0 Å². The SMILES string of the molecule is O=C(Nc1ccnn1C1CCCC1)C1CCN(S(=O)(=O)c2cccs2)CC1. The fraction of sp³-hybridized carbons (Fsp3) is 0.556. The van der Waals surface area contributed by atoms with E-state index in [-0.39, 0.29) is 11.8 Å². The van der Waals surface area contributed by atoms with Crippen LogP contribution in [0.5, 0.6) is 0 Å². The van der Waals surface area contributed by atoms with Crippen LogP contribution in [0.3, 0.4) is 0 Å². The van der Waals surface area contributed by atoms with Crippen LogP contribution < -0.4 is 5.32 Å². The predicted molar refractivity (Wildman–Crippen MR) is 104 cm³/mol. The largest absolute Gasteiger partial charge is 0.311 e. The third-order valence-corrected chi connectivity index (χ3v) is 8.78. The van der Waals surface area contributed by atoms with Crippen LogP contribution in [-0.4, -0.2) is 41.5 Å². The second kappa shape index (κ2) is 7.73. The molecule has 27 heavy (non-hydrogen) atoms. The fourth-order valence-electron chi connectivity index (χ4n) is 3.98. The third-order valence-electron chi connectivity index (χ3n) is 5.51. The van der Waals surface area contributed by atoms with E-state index in [2.05, 4.69) is 10.4 Å². The normalized spacial score (nSPS) is 20.1. The number of hydrogen-bond donors (Lipinski definition) is 1. The summed E-state index contributed by atoms with van der Waals surface area (Å²) < 4.78 is 29.0. The highest BCUT2D eigenvalue weighted by Crippen LogP contribution is 2.32. The maximum Gasteiger partial charge on any atom is 0.252 e. The van der Waals surface area contributed by atoms with Crippen molar-refractivity contribution in [3.05, 3.63) is 29.8 Å². The molecular formula is C18H24N4O3S2. The Bertz CT molecular complexity index is 878. The van der Waals surface area contributed by atoms with Crippen LogP contribution in [0.2, 0.25) is 0 Å². The van der Waals surface area contributed by atoms with Crippen molar-refractivity contribution in [1.29, 1.82) is 0 Å².